The molecule has 0 amide bonds. The van der Waals surface area contributed by atoms with Crippen molar-refractivity contribution in [2.24, 2.45) is 0 Å². The first-order valence-corrected chi connectivity index (χ1v) is 10.7. The first-order chi connectivity index (χ1) is 13.8. The lowest BCUT2D eigenvalue weighted by Crippen LogP contribution is -2.38. The smallest absolute Gasteiger partial charge is 0.123 e. The van der Waals surface area contributed by atoms with E-state index in [1.54, 1.807) is 0 Å². The largest absolute Gasteiger partial charge is 0.491 e. The first kappa shape index (κ1) is 19.4. The van der Waals surface area contributed by atoms with Crippen LogP contribution < -0.4 is 4.74 Å². The van der Waals surface area contributed by atoms with E-state index in [1.807, 2.05) is 12.1 Å². The van der Waals surface area contributed by atoms with Crippen LogP contribution in [0.1, 0.15) is 36.0 Å². The molecule has 1 saturated heterocycles. The molecular formula is C24H32N2O2. The maximum atomic E-state index is 10.4. The van der Waals surface area contributed by atoms with Crippen molar-refractivity contribution in [3.05, 3.63) is 65.2 Å². The highest BCUT2D eigenvalue weighted by Crippen LogP contribution is 2.24. The van der Waals surface area contributed by atoms with Crippen LogP contribution in [0, 0.1) is 0 Å². The molecule has 2 aliphatic heterocycles. The van der Waals surface area contributed by atoms with Crippen LogP contribution in [0.25, 0.3) is 0 Å². The van der Waals surface area contributed by atoms with Gasteiger partial charge in [0, 0.05) is 31.7 Å². The monoisotopic (exact) mass is 380 g/mol. The van der Waals surface area contributed by atoms with E-state index in [9.17, 15) is 5.11 Å². The molecule has 150 valence electrons. The van der Waals surface area contributed by atoms with Gasteiger partial charge < -0.3 is 14.7 Å². The quantitative estimate of drug-likeness (QED) is 0.798. The summed E-state index contributed by atoms with van der Waals surface area (Å²) in [6.45, 7) is 6.22. The summed E-state index contributed by atoms with van der Waals surface area (Å²) in [4.78, 5) is 4.84. The Balaban J connectivity index is 1.32. The third-order valence-electron chi connectivity index (χ3n) is 5.93. The zero-order chi connectivity index (χ0) is 19.2. The van der Waals surface area contributed by atoms with Crippen LogP contribution in [0.3, 0.4) is 0 Å². The number of likely N-dealkylation sites (tertiary alicyclic amines) is 1. The van der Waals surface area contributed by atoms with Crippen molar-refractivity contribution < 1.29 is 9.84 Å². The fraction of sp³-hybridized carbons (Fsp3) is 0.500. The predicted octanol–water partition coefficient (Wildman–Crippen LogP) is 3.47. The number of aliphatic hydroxyl groups excluding tert-OH is 1. The second kappa shape index (κ2) is 9.55. The Kier molecular flexibility index (Phi) is 6.63. The van der Waals surface area contributed by atoms with E-state index >= 15 is 0 Å². The van der Waals surface area contributed by atoms with Gasteiger partial charge in [0.15, 0.2) is 0 Å². The van der Waals surface area contributed by atoms with Crippen molar-refractivity contribution in [3.8, 4) is 5.75 Å². The lowest BCUT2D eigenvalue weighted by atomic mass is 9.99. The Morgan fingerprint density at radius 3 is 2.46 bits per heavy atom. The number of hydrogen-bond acceptors (Lipinski definition) is 4. The number of aliphatic hydroxyl groups is 1. The van der Waals surface area contributed by atoms with E-state index in [0.29, 0.717) is 13.2 Å². The van der Waals surface area contributed by atoms with Gasteiger partial charge in [-0.15, -0.1) is 0 Å². The fourth-order valence-corrected chi connectivity index (χ4v) is 4.38. The number of nitrogens with zero attached hydrogens (tertiary/aromatic N) is 2. The van der Waals surface area contributed by atoms with Gasteiger partial charge in [0.2, 0.25) is 0 Å². The van der Waals surface area contributed by atoms with Crippen LogP contribution in [0.15, 0.2) is 48.5 Å². The summed E-state index contributed by atoms with van der Waals surface area (Å²) in [5, 5.41) is 10.4. The average molecular weight is 381 g/mol. The van der Waals surface area contributed by atoms with Gasteiger partial charge in [0.05, 0.1) is 0 Å². The van der Waals surface area contributed by atoms with Gasteiger partial charge in [0.1, 0.15) is 18.5 Å². The Hall–Kier alpha value is -1.88. The fourth-order valence-electron chi connectivity index (χ4n) is 4.38. The van der Waals surface area contributed by atoms with Gasteiger partial charge in [-0.05, 0) is 49.5 Å². The van der Waals surface area contributed by atoms with Crippen LogP contribution in [-0.4, -0.2) is 53.8 Å². The number of hydrogen-bond donors (Lipinski definition) is 1. The topological polar surface area (TPSA) is 35.9 Å². The van der Waals surface area contributed by atoms with Crippen LogP contribution in [0.5, 0.6) is 5.75 Å². The Morgan fingerprint density at radius 2 is 1.61 bits per heavy atom. The molecule has 1 unspecified atom stereocenters. The third-order valence-corrected chi connectivity index (χ3v) is 5.93. The highest BCUT2D eigenvalue weighted by atomic mass is 16.5. The van der Waals surface area contributed by atoms with Gasteiger partial charge in [-0.25, -0.2) is 0 Å². The maximum absolute atomic E-state index is 10.4. The second-order valence-corrected chi connectivity index (χ2v) is 8.16. The second-order valence-electron chi connectivity index (χ2n) is 8.16. The van der Waals surface area contributed by atoms with Gasteiger partial charge >= 0.3 is 0 Å². The van der Waals surface area contributed by atoms with E-state index in [4.69, 9.17) is 4.74 Å². The lowest BCUT2D eigenvalue weighted by molar-refractivity contribution is 0.0611. The van der Waals surface area contributed by atoms with E-state index < -0.39 is 6.10 Å². The zero-order valence-corrected chi connectivity index (χ0v) is 16.7. The minimum absolute atomic E-state index is 0.357. The van der Waals surface area contributed by atoms with Crippen LogP contribution in [-0.2, 0) is 19.5 Å². The summed E-state index contributed by atoms with van der Waals surface area (Å²) in [5.74, 6) is 0.902. The van der Waals surface area contributed by atoms with Gasteiger partial charge in [-0.1, -0.05) is 48.9 Å². The van der Waals surface area contributed by atoms with E-state index in [1.165, 1.54) is 36.0 Å². The lowest BCUT2D eigenvalue weighted by Gasteiger charge is -2.30. The van der Waals surface area contributed by atoms with Gasteiger partial charge in [0.25, 0.3) is 0 Å². The molecule has 4 rings (SSSR count). The molecule has 1 fully saturated rings. The molecule has 0 aliphatic carbocycles. The zero-order valence-electron chi connectivity index (χ0n) is 16.7. The molecule has 28 heavy (non-hydrogen) atoms. The van der Waals surface area contributed by atoms with Crippen molar-refractivity contribution in [1.82, 2.24) is 9.80 Å². The number of para-hydroxylation sites is 1. The summed E-state index contributed by atoms with van der Waals surface area (Å²) in [6.07, 6.45) is 4.48. The number of rotatable bonds is 7. The Morgan fingerprint density at radius 1 is 0.857 bits per heavy atom. The van der Waals surface area contributed by atoms with Crippen LogP contribution in [0.4, 0.5) is 0 Å². The normalized spacial score (nSPS) is 19.2. The molecule has 1 N–H and O–H groups in total. The highest BCUT2D eigenvalue weighted by Gasteiger charge is 2.18. The number of piperidine rings is 1. The summed E-state index contributed by atoms with van der Waals surface area (Å²) < 4.78 is 6.05. The van der Waals surface area contributed by atoms with Crippen LogP contribution >= 0.6 is 0 Å². The molecule has 2 aliphatic rings. The highest BCUT2D eigenvalue weighted by molar-refractivity contribution is 5.34. The predicted molar refractivity (Wildman–Crippen MR) is 112 cm³/mol. The van der Waals surface area contributed by atoms with Crippen LogP contribution in [0.2, 0.25) is 0 Å². The molecule has 0 bridgehead atoms. The molecular weight excluding hydrogens is 348 g/mol. The number of benzene rings is 2. The summed E-state index contributed by atoms with van der Waals surface area (Å²) in [5.41, 5.74) is 4.11. The average Bonchev–Trinajstić information content (AvgIpc) is 2.74. The molecule has 0 radical (unpaired) electrons. The Bertz CT molecular complexity index is 758. The first-order valence-electron chi connectivity index (χ1n) is 10.7. The molecule has 4 heteroatoms. The van der Waals surface area contributed by atoms with E-state index in [2.05, 4.69) is 46.2 Å². The number of fused-ring (bicyclic) bond motifs is 1. The minimum atomic E-state index is -0.437. The molecule has 2 aromatic rings. The Labute approximate surface area is 168 Å². The number of β-amino-alcohol motifs (C(OH)–C–C–N with tert-alkyl or cyclic N) is 1. The molecule has 0 saturated carbocycles. The molecule has 4 nitrogen and oxygen atoms in total. The van der Waals surface area contributed by atoms with Gasteiger partial charge in [-0.3, -0.25) is 4.90 Å². The number of ether oxygens (including phenoxy) is 1. The van der Waals surface area contributed by atoms with Gasteiger partial charge in [-0.2, -0.15) is 0 Å². The van der Waals surface area contributed by atoms with E-state index in [-0.39, 0.29) is 0 Å². The van der Waals surface area contributed by atoms with Crippen molar-refractivity contribution in [3.63, 3.8) is 0 Å². The van der Waals surface area contributed by atoms with E-state index in [0.717, 1.165) is 44.9 Å². The molecule has 1 atom stereocenters. The molecule has 0 aromatic heterocycles. The van der Waals surface area contributed by atoms with Crippen molar-refractivity contribution >= 4 is 0 Å². The van der Waals surface area contributed by atoms with Crippen molar-refractivity contribution in [2.45, 2.75) is 44.9 Å². The van der Waals surface area contributed by atoms with Crippen molar-refractivity contribution in [2.75, 3.05) is 32.8 Å². The maximum Gasteiger partial charge on any atom is 0.123 e. The SMILES string of the molecule is OC(COc1ccccc1CN1CCc2ccccc2C1)CN1CCCCC1. The summed E-state index contributed by atoms with van der Waals surface area (Å²) in [6, 6.07) is 17.0. The van der Waals surface area contributed by atoms with Crippen molar-refractivity contribution in [1.29, 1.82) is 0 Å². The minimum Gasteiger partial charge on any atom is -0.491 e. The summed E-state index contributed by atoms with van der Waals surface area (Å²) in [7, 11) is 0. The molecule has 0 spiro atoms. The standard InChI is InChI=1S/C24H32N2O2/c27-23(18-25-13-6-1-7-14-25)19-28-24-11-5-4-10-22(24)17-26-15-12-20-8-2-3-9-21(20)16-26/h2-5,8-11,23,27H,1,6-7,12-19H2. The third kappa shape index (κ3) is 5.13. The molecule has 2 aromatic carbocycles. The summed E-state index contributed by atoms with van der Waals surface area (Å²) >= 11 is 0. The molecule has 2 heterocycles.